The van der Waals surface area contributed by atoms with Crippen molar-refractivity contribution in [3.63, 3.8) is 0 Å². The standard InChI is InChI=1S/C14H22N6O2/c1-10-8-11(2)20(17-10)7-5-6-19(4)9-12-16-13(18-22-12)14(21)15-3/h8H,5-7,9H2,1-4H3,(H,15,21). The number of aryl methyl sites for hydroxylation is 3. The molecule has 1 N–H and O–H groups in total. The van der Waals surface area contributed by atoms with Gasteiger partial charge < -0.3 is 9.84 Å². The van der Waals surface area contributed by atoms with E-state index in [1.165, 1.54) is 12.7 Å². The van der Waals surface area contributed by atoms with Gasteiger partial charge in [0.05, 0.1) is 12.2 Å². The molecular formula is C14H22N6O2. The molecule has 22 heavy (non-hydrogen) atoms. The monoisotopic (exact) mass is 306 g/mol. The van der Waals surface area contributed by atoms with E-state index < -0.39 is 0 Å². The van der Waals surface area contributed by atoms with Crippen molar-refractivity contribution in [2.24, 2.45) is 0 Å². The van der Waals surface area contributed by atoms with Crippen molar-refractivity contribution in [1.29, 1.82) is 0 Å². The van der Waals surface area contributed by atoms with Crippen LogP contribution in [0.1, 0.15) is 34.3 Å². The van der Waals surface area contributed by atoms with Gasteiger partial charge in [-0.15, -0.1) is 0 Å². The summed E-state index contributed by atoms with van der Waals surface area (Å²) in [6.07, 6.45) is 0.967. The lowest BCUT2D eigenvalue weighted by Crippen LogP contribution is -2.22. The Bertz CT molecular complexity index is 633. The van der Waals surface area contributed by atoms with Gasteiger partial charge in [0.15, 0.2) is 0 Å². The lowest BCUT2D eigenvalue weighted by Gasteiger charge is -2.14. The van der Waals surface area contributed by atoms with E-state index in [2.05, 4.69) is 38.4 Å². The number of rotatable bonds is 7. The summed E-state index contributed by atoms with van der Waals surface area (Å²) in [5.74, 6) is 0.155. The molecule has 8 nitrogen and oxygen atoms in total. The Kier molecular flexibility index (Phi) is 5.26. The topological polar surface area (TPSA) is 89.1 Å². The van der Waals surface area contributed by atoms with Gasteiger partial charge in [0, 0.05) is 25.8 Å². The van der Waals surface area contributed by atoms with E-state index in [1.807, 2.05) is 18.7 Å². The molecule has 0 atom stereocenters. The van der Waals surface area contributed by atoms with Gasteiger partial charge in [0.1, 0.15) is 0 Å². The smallest absolute Gasteiger partial charge is 0.292 e. The van der Waals surface area contributed by atoms with Crippen LogP contribution in [0.3, 0.4) is 0 Å². The Morgan fingerprint density at radius 2 is 2.23 bits per heavy atom. The second-order valence-electron chi connectivity index (χ2n) is 5.33. The third-order valence-electron chi connectivity index (χ3n) is 3.32. The predicted octanol–water partition coefficient (Wildman–Crippen LogP) is 0.765. The fraction of sp³-hybridized carbons (Fsp3) is 0.571. The summed E-state index contributed by atoms with van der Waals surface area (Å²) < 4.78 is 7.08. The van der Waals surface area contributed by atoms with Gasteiger partial charge in [-0.05, 0) is 33.4 Å². The Morgan fingerprint density at radius 3 is 2.86 bits per heavy atom. The normalized spacial score (nSPS) is 11.1. The molecule has 0 bridgehead atoms. The largest absolute Gasteiger partial charge is 0.352 e. The van der Waals surface area contributed by atoms with Gasteiger partial charge in [-0.2, -0.15) is 10.1 Å². The predicted molar refractivity (Wildman–Crippen MR) is 80.3 cm³/mol. The van der Waals surface area contributed by atoms with E-state index >= 15 is 0 Å². The molecule has 0 saturated carbocycles. The number of carbonyl (C=O) groups is 1. The van der Waals surface area contributed by atoms with Gasteiger partial charge in [-0.1, -0.05) is 5.16 Å². The van der Waals surface area contributed by atoms with Crippen LogP contribution < -0.4 is 5.32 Å². The number of nitrogens with zero attached hydrogens (tertiary/aromatic N) is 5. The molecule has 120 valence electrons. The van der Waals surface area contributed by atoms with Crippen LogP contribution in [0, 0.1) is 13.8 Å². The first-order valence-electron chi connectivity index (χ1n) is 7.24. The number of amides is 1. The lowest BCUT2D eigenvalue weighted by molar-refractivity contribution is 0.0950. The van der Waals surface area contributed by atoms with Crippen LogP contribution in [-0.2, 0) is 13.1 Å². The van der Waals surface area contributed by atoms with Gasteiger partial charge in [-0.25, -0.2) is 0 Å². The molecule has 1 amide bonds. The van der Waals surface area contributed by atoms with Gasteiger partial charge in [0.2, 0.25) is 5.89 Å². The van der Waals surface area contributed by atoms with E-state index in [9.17, 15) is 4.79 Å². The number of hydrogen-bond acceptors (Lipinski definition) is 6. The molecule has 0 saturated heterocycles. The van der Waals surface area contributed by atoms with Crippen LogP contribution >= 0.6 is 0 Å². The molecule has 2 rings (SSSR count). The van der Waals surface area contributed by atoms with Crippen molar-refractivity contribution >= 4 is 5.91 Å². The molecule has 8 heteroatoms. The van der Waals surface area contributed by atoms with Crippen LogP contribution in [0.2, 0.25) is 0 Å². The summed E-state index contributed by atoms with van der Waals surface area (Å²) >= 11 is 0. The minimum Gasteiger partial charge on any atom is -0.352 e. The molecule has 2 aromatic heterocycles. The Balaban J connectivity index is 1.78. The highest BCUT2D eigenvalue weighted by molar-refractivity contribution is 5.89. The zero-order chi connectivity index (χ0) is 16.1. The summed E-state index contributed by atoms with van der Waals surface area (Å²) in [5, 5.41) is 10.5. The van der Waals surface area contributed by atoms with Crippen LogP contribution in [0.4, 0.5) is 0 Å². The minimum absolute atomic E-state index is 0.0635. The van der Waals surface area contributed by atoms with Gasteiger partial charge in [-0.3, -0.25) is 14.4 Å². The van der Waals surface area contributed by atoms with Crippen molar-refractivity contribution < 1.29 is 9.32 Å². The number of hydrogen-bond donors (Lipinski definition) is 1. The highest BCUT2D eigenvalue weighted by Gasteiger charge is 2.14. The van der Waals surface area contributed by atoms with Crippen molar-refractivity contribution in [2.45, 2.75) is 33.4 Å². The third-order valence-corrected chi connectivity index (χ3v) is 3.32. The number of aromatic nitrogens is 4. The fourth-order valence-corrected chi connectivity index (χ4v) is 2.22. The van der Waals surface area contributed by atoms with Crippen molar-refractivity contribution in [1.82, 2.24) is 30.1 Å². The van der Waals surface area contributed by atoms with E-state index in [0.29, 0.717) is 12.4 Å². The summed E-state index contributed by atoms with van der Waals surface area (Å²) in [5.41, 5.74) is 2.21. The molecule has 2 aromatic rings. The van der Waals surface area contributed by atoms with Gasteiger partial charge in [0.25, 0.3) is 11.7 Å². The highest BCUT2D eigenvalue weighted by atomic mass is 16.5. The van der Waals surface area contributed by atoms with E-state index in [4.69, 9.17) is 4.52 Å². The molecule has 0 aliphatic carbocycles. The summed E-state index contributed by atoms with van der Waals surface area (Å²) in [4.78, 5) is 17.5. The van der Waals surface area contributed by atoms with Crippen LogP contribution in [0.25, 0.3) is 0 Å². The first-order chi connectivity index (χ1) is 10.5. The second kappa shape index (κ2) is 7.17. The highest BCUT2D eigenvalue weighted by Crippen LogP contribution is 2.05. The lowest BCUT2D eigenvalue weighted by atomic mass is 10.3. The fourth-order valence-electron chi connectivity index (χ4n) is 2.22. The van der Waals surface area contributed by atoms with E-state index in [0.717, 1.165) is 25.2 Å². The maximum atomic E-state index is 11.4. The molecule has 0 radical (unpaired) electrons. The SMILES string of the molecule is CNC(=O)c1noc(CN(C)CCCn2nc(C)cc2C)n1. The Morgan fingerprint density at radius 1 is 1.45 bits per heavy atom. The van der Waals surface area contributed by atoms with E-state index in [1.54, 1.807) is 0 Å². The average Bonchev–Trinajstić information content (AvgIpc) is 3.05. The molecule has 0 unspecified atom stereocenters. The summed E-state index contributed by atoms with van der Waals surface area (Å²) in [7, 11) is 3.51. The second-order valence-corrected chi connectivity index (χ2v) is 5.33. The molecule has 0 spiro atoms. The summed E-state index contributed by atoms with van der Waals surface area (Å²) in [6, 6.07) is 2.07. The average molecular weight is 306 g/mol. The van der Waals surface area contributed by atoms with Crippen LogP contribution in [0.5, 0.6) is 0 Å². The zero-order valence-electron chi connectivity index (χ0n) is 13.5. The summed E-state index contributed by atoms with van der Waals surface area (Å²) in [6.45, 7) is 6.31. The number of nitrogens with one attached hydrogen (secondary N) is 1. The zero-order valence-corrected chi connectivity index (χ0v) is 13.5. The molecule has 0 aromatic carbocycles. The third kappa shape index (κ3) is 4.14. The van der Waals surface area contributed by atoms with Crippen LogP contribution in [-0.4, -0.2) is 51.4 Å². The first-order valence-corrected chi connectivity index (χ1v) is 7.24. The maximum Gasteiger partial charge on any atom is 0.292 e. The molecule has 0 aliphatic heterocycles. The van der Waals surface area contributed by atoms with Crippen molar-refractivity contribution in [3.05, 3.63) is 29.2 Å². The molecular weight excluding hydrogens is 284 g/mol. The number of carbonyl (C=O) groups excluding carboxylic acids is 1. The molecule has 0 aliphatic rings. The van der Waals surface area contributed by atoms with Crippen molar-refractivity contribution in [2.75, 3.05) is 20.6 Å². The molecule has 0 fully saturated rings. The van der Waals surface area contributed by atoms with Crippen molar-refractivity contribution in [3.8, 4) is 0 Å². The maximum absolute atomic E-state index is 11.4. The van der Waals surface area contributed by atoms with Crippen LogP contribution in [0.15, 0.2) is 10.6 Å². The van der Waals surface area contributed by atoms with E-state index in [-0.39, 0.29) is 11.7 Å². The van der Waals surface area contributed by atoms with Gasteiger partial charge >= 0.3 is 0 Å². The quantitative estimate of drug-likeness (QED) is 0.812. The Labute approximate surface area is 129 Å². The Hall–Kier alpha value is -2.22. The minimum atomic E-state index is -0.345. The molecule has 2 heterocycles. The first kappa shape index (κ1) is 16.2.